The molecule has 5 heteroatoms. The lowest BCUT2D eigenvalue weighted by Gasteiger charge is -2.56. The van der Waals surface area contributed by atoms with Crippen LogP contribution in [-0.4, -0.2) is 17.4 Å². The van der Waals surface area contributed by atoms with E-state index in [9.17, 15) is 9.59 Å². The number of carbonyl (C=O) groups is 2. The van der Waals surface area contributed by atoms with E-state index >= 15 is 0 Å². The summed E-state index contributed by atoms with van der Waals surface area (Å²) in [5.74, 6) is 1.22. The minimum Gasteiger partial charge on any atom is -0.342 e. The molecule has 0 atom stereocenters. The summed E-state index contributed by atoms with van der Waals surface area (Å²) in [6.07, 6.45) is 7.14. The number of carbonyl (C=O) groups excluding carboxylic acids is 2. The van der Waals surface area contributed by atoms with Gasteiger partial charge in [-0.1, -0.05) is 0 Å². The standard InChI is InChI=1S/C18H21IN2O2/c19-14-1-3-15(4-2-14)20-16(22)17(23)21-18-8-11-5-12(9-18)7-13(6-11)10-18/h1-4,11-13H,5-10H2,(H,20,22)(H,21,23). The second-order valence-electron chi connectivity index (χ2n) is 7.61. The van der Waals surface area contributed by atoms with Crippen LogP contribution in [0.2, 0.25) is 0 Å². The normalized spacial score (nSPS) is 34.2. The molecule has 2 amide bonds. The van der Waals surface area contributed by atoms with Crippen LogP contribution in [0.1, 0.15) is 38.5 Å². The van der Waals surface area contributed by atoms with Gasteiger partial charge in [-0.25, -0.2) is 0 Å². The van der Waals surface area contributed by atoms with Crippen molar-refractivity contribution in [3.05, 3.63) is 27.8 Å². The van der Waals surface area contributed by atoms with Crippen LogP contribution in [0.4, 0.5) is 5.69 Å². The van der Waals surface area contributed by atoms with Gasteiger partial charge in [0.2, 0.25) is 0 Å². The molecule has 0 radical (unpaired) electrons. The fourth-order valence-corrected chi connectivity index (χ4v) is 5.64. The van der Waals surface area contributed by atoms with Crippen molar-refractivity contribution in [2.45, 2.75) is 44.1 Å². The van der Waals surface area contributed by atoms with E-state index in [4.69, 9.17) is 0 Å². The Balaban J connectivity index is 1.41. The van der Waals surface area contributed by atoms with Crippen molar-refractivity contribution >= 4 is 40.1 Å². The highest BCUT2D eigenvalue weighted by atomic mass is 127. The summed E-state index contributed by atoms with van der Waals surface area (Å²) in [6, 6.07) is 7.45. The summed E-state index contributed by atoms with van der Waals surface area (Å²) < 4.78 is 1.10. The molecule has 4 nitrogen and oxygen atoms in total. The minimum atomic E-state index is -0.554. The Kier molecular flexibility index (Phi) is 3.86. The molecule has 1 aromatic rings. The van der Waals surface area contributed by atoms with Crippen molar-refractivity contribution in [1.82, 2.24) is 5.32 Å². The number of hydrogen-bond acceptors (Lipinski definition) is 2. The van der Waals surface area contributed by atoms with Gasteiger partial charge in [-0.2, -0.15) is 0 Å². The summed E-state index contributed by atoms with van der Waals surface area (Å²) >= 11 is 2.21. The predicted molar refractivity (Wildman–Crippen MR) is 96.8 cm³/mol. The van der Waals surface area contributed by atoms with Crippen LogP contribution in [0.5, 0.6) is 0 Å². The Morgan fingerprint density at radius 3 is 1.96 bits per heavy atom. The molecule has 0 aromatic heterocycles. The van der Waals surface area contributed by atoms with Gasteiger partial charge in [0, 0.05) is 14.8 Å². The van der Waals surface area contributed by atoms with Gasteiger partial charge in [-0.05, 0) is 103 Å². The number of rotatable bonds is 2. The zero-order chi connectivity index (χ0) is 16.0. The third-order valence-corrected chi connectivity index (χ3v) is 6.44. The first kappa shape index (κ1) is 15.4. The third-order valence-electron chi connectivity index (χ3n) is 5.73. The van der Waals surface area contributed by atoms with Gasteiger partial charge in [0.25, 0.3) is 0 Å². The lowest BCUT2D eigenvalue weighted by Crippen LogP contribution is -2.61. The summed E-state index contributed by atoms with van der Waals surface area (Å²) in [4.78, 5) is 24.6. The monoisotopic (exact) mass is 424 g/mol. The molecule has 4 fully saturated rings. The maximum absolute atomic E-state index is 12.4. The third kappa shape index (κ3) is 3.12. The molecule has 0 heterocycles. The molecule has 0 aliphatic heterocycles. The number of hydrogen-bond donors (Lipinski definition) is 2. The molecular formula is C18H21IN2O2. The van der Waals surface area contributed by atoms with E-state index < -0.39 is 11.8 Å². The first-order chi connectivity index (χ1) is 11.0. The van der Waals surface area contributed by atoms with E-state index in [0.29, 0.717) is 5.69 Å². The number of halogens is 1. The SMILES string of the molecule is O=C(Nc1ccc(I)cc1)C(=O)NC12CC3CC(CC(C3)C1)C2. The van der Waals surface area contributed by atoms with E-state index in [1.165, 1.54) is 19.3 Å². The maximum Gasteiger partial charge on any atom is 0.313 e. The Morgan fingerprint density at radius 2 is 1.43 bits per heavy atom. The van der Waals surface area contributed by atoms with Gasteiger partial charge in [-0.15, -0.1) is 0 Å². The zero-order valence-corrected chi connectivity index (χ0v) is 15.1. The highest BCUT2D eigenvalue weighted by Crippen LogP contribution is 2.55. The van der Waals surface area contributed by atoms with Crippen molar-refractivity contribution in [2.24, 2.45) is 17.8 Å². The molecule has 23 heavy (non-hydrogen) atoms. The molecule has 0 saturated heterocycles. The average Bonchev–Trinajstić information content (AvgIpc) is 2.47. The topological polar surface area (TPSA) is 58.2 Å². The van der Waals surface area contributed by atoms with Crippen molar-refractivity contribution in [1.29, 1.82) is 0 Å². The molecule has 0 spiro atoms. The predicted octanol–water partition coefficient (Wildman–Crippen LogP) is 3.31. The van der Waals surface area contributed by atoms with Gasteiger partial charge in [0.15, 0.2) is 0 Å². The lowest BCUT2D eigenvalue weighted by molar-refractivity contribution is -0.139. The number of amides is 2. The second-order valence-corrected chi connectivity index (χ2v) is 8.86. The number of nitrogens with one attached hydrogen (secondary N) is 2. The Hall–Kier alpha value is -1.11. The van der Waals surface area contributed by atoms with Gasteiger partial charge < -0.3 is 10.6 Å². The van der Waals surface area contributed by atoms with Crippen LogP contribution in [-0.2, 0) is 9.59 Å². The molecule has 2 N–H and O–H groups in total. The number of anilines is 1. The lowest BCUT2D eigenvalue weighted by atomic mass is 9.53. The van der Waals surface area contributed by atoms with E-state index in [1.54, 1.807) is 0 Å². The van der Waals surface area contributed by atoms with E-state index in [1.807, 2.05) is 24.3 Å². The fourth-order valence-electron chi connectivity index (χ4n) is 5.28. The van der Waals surface area contributed by atoms with Crippen molar-refractivity contribution in [3.8, 4) is 0 Å². The molecular weight excluding hydrogens is 403 g/mol. The van der Waals surface area contributed by atoms with Gasteiger partial charge in [0.05, 0.1) is 0 Å². The molecule has 4 aliphatic carbocycles. The molecule has 4 saturated carbocycles. The molecule has 1 aromatic carbocycles. The van der Waals surface area contributed by atoms with Crippen LogP contribution in [0.25, 0.3) is 0 Å². The summed E-state index contributed by atoms with van der Waals surface area (Å²) in [5, 5.41) is 5.80. The molecule has 4 aliphatic rings. The average molecular weight is 424 g/mol. The van der Waals surface area contributed by atoms with Crippen molar-refractivity contribution < 1.29 is 9.59 Å². The van der Waals surface area contributed by atoms with Crippen LogP contribution in [0.3, 0.4) is 0 Å². The minimum absolute atomic E-state index is 0.116. The van der Waals surface area contributed by atoms with Crippen molar-refractivity contribution in [2.75, 3.05) is 5.32 Å². The highest BCUT2D eigenvalue weighted by molar-refractivity contribution is 14.1. The number of benzene rings is 1. The Bertz CT molecular complexity index is 606. The molecule has 0 unspecified atom stereocenters. The van der Waals surface area contributed by atoms with Crippen LogP contribution < -0.4 is 10.6 Å². The van der Waals surface area contributed by atoms with Crippen LogP contribution >= 0.6 is 22.6 Å². The van der Waals surface area contributed by atoms with Crippen LogP contribution in [0.15, 0.2) is 24.3 Å². The van der Waals surface area contributed by atoms with E-state index in [2.05, 4.69) is 33.2 Å². The van der Waals surface area contributed by atoms with Gasteiger partial charge in [-0.3, -0.25) is 9.59 Å². The largest absolute Gasteiger partial charge is 0.342 e. The molecule has 122 valence electrons. The highest BCUT2D eigenvalue weighted by Gasteiger charge is 2.51. The van der Waals surface area contributed by atoms with Crippen LogP contribution in [0, 0.1) is 21.3 Å². The van der Waals surface area contributed by atoms with Crippen molar-refractivity contribution in [3.63, 3.8) is 0 Å². The maximum atomic E-state index is 12.4. The summed E-state index contributed by atoms with van der Waals surface area (Å²) in [5.41, 5.74) is 0.547. The van der Waals surface area contributed by atoms with Gasteiger partial charge in [0.1, 0.15) is 0 Å². The molecule has 4 bridgehead atoms. The smallest absolute Gasteiger partial charge is 0.313 e. The van der Waals surface area contributed by atoms with E-state index in [-0.39, 0.29) is 5.54 Å². The fraction of sp³-hybridized carbons (Fsp3) is 0.556. The van der Waals surface area contributed by atoms with Gasteiger partial charge >= 0.3 is 11.8 Å². The van der Waals surface area contributed by atoms with E-state index in [0.717, 1.165) is 40.6 Å². The first-order valence-corrected chi connectivity index (χ1v) is 9.48. The Labute approximate surface area is 149 Å². The molecule has 5 rings (SSSR count). The zero-order valence-electron chi connectivity index (χ0n) is 13.0. The Morgan fingerprint density at radius 1 is 0.913 bits per heavy atom. The quantitative estimate of drug-likeness (QED) is 0.566. The second kappa shape index (κ2) is 5.76. The summed E-state index contributed by atoms with van der Waals surface area (Å²) in [6.45, 7) is 0. The first-order valence-electron chi connectivity index (χ1n) is 8.40. The summed E-state index contributed by atoms with van der Waals surface area (Å²) in [7, 11) is 0.